The van der Waals surface area contributed by atoms with E-state index in [2.05, 4.69) is 54.6 Å². The second kappa shape index (κ2) is 7.95. The first-order chi connectivity index (χ1) is 11.6. The van der Waals surface area contributed by atoms with Gasteiger partial charge in [0.15, 0.2) is 0 Å². The van der Waals surface area contributed by atoms with Crippen LogP contribution in [-0.4, -0.2) is 24.9 Å². The number of nitrogens with one attached hydrogen (secondary N) is 1. The minimum absolute atomic E-state index is 0.0606. The van der Waals surface area contributed by atoms with Crippen LogP contribution in [-0.2, 0) is 25.9 Å². The zero-order chi connectivity index (χ0) is 16.9. The molecule has 3 rings (SSSR count). The second-order valence-corrected chi connectivity index (χ2v) is 7.99. The van der Waals surface area contributed by atoms with E-state index in [0.29, 0.717) is 6.54 Å². The number of hydrogen-bond donors (Lipinski definition) is 1. The van der Waals surface area contributed by atoms with Crippen LogP contribution in [0.4, 0.5) is 0 Å². The standard InChI is InChI=1S/C20H26N2OS/c1-22(2)14-16-10-8-15(9-11-16)13-21-20(23)19-12-17-6-4-3-5-7-18(17)24-19/h8-12H,3-7,13-14H2,1-2H3,(H,21,23). The Bertz CT molecular complexity index is 665. The topological polar surface area (TPSA) is 32.3 Å². The number of aryl methyl sites for hydroxylation is 2. The molecule has 0 unspecified atom stereocenters. The van der Waals surface area contributed by atoms with E-state index in [9.17, 15) is 4.79 Å². The number of rotatable bonds is 5. The van der Waals surface area contributed by atoms with Crippen molar-refractivity contribution in [3.8, 4) is 0 Å². The summed E-state index contributed by atoms with van der Waals surface area (Å²) in [6.45, 7) is 1.52. The van der Waals surface area contributed by atoms with Crippen LogP contribution < -0.4 is 5.32 Å². The summed E-state index contributed by atoms with van der Waals surface area (Å²) in [6, 6.07) is 10.6. The van der Waals surface area contributed by atoms with Gasteiger partial charge in [0.2, 0.25) is 0 Å². The molecule has 1 aromatic heterocycles. The third-order valence-corrected chi connectivity index (χ3v) is 5.68. The molecule has 3 nitrogen and oxygen atoms in total. The van der Waals surface area contributed by atoms with Crippen molar-refractivity contribution in [2.75, 3.05) is 14.1 Å². The molecule has 0 fully saturated rings. The smallest absolute Gasteiger partial charge is 0.261 e. The maximum absolute atomic E-state index is 12.4. The molecule has 0 bridgehead atoms. The Hall–Kier alpha value is -1.65. The summed E-state index contributed by atoms with van der Waals surface area (Å²) in [4.78, 5) is 16.9. The molecule has 1 aromatic carbocycles. The Morgan fingerprint density at radius 3 is 2.54 bits per heavy atom. The number of amides is 1. The normalized spacial score (nSPS) is 14.3. The van der Waals surface area contributed by atoms with E-state index in [1.165, 1.54) is 35.3 Å². The number of carbonyl (C=O) groups is 1. The third kappa shape index (κ3) is 4.46. The van der Waals surface area contributed by atoms with E-state index in [4.69, 9.17) is 0 Å². The second-order valence-electron chi connectivity index (χ2n) is 6.86. The van der Waals surface area contributed by atoms with Crippen molar-refractivity contribution in [2.45, 2.75) is 45.2 Å². The number of fused-ring (bicyclic) bond motifs is 1. The molecule has 1 aliphatic carbocycles. The molecule has 0 atom stereocenters. The van der Waals surface area contributed by atoms with Crippen molar-refractivity contribution in [3.05, 3.63) is 56.8 Å². The van der Waals surface area contributed by atoms with Crippen LogP contribution in [0.25, 0.3) is 0 Å². The average molecular weight is 343 g/mol. The molecule has 0 radical (unpaired) electrons. The van der Waals surface area contributed by atoms with Gasteiger partial charge in [-0.25, -0.2) is 0 Å². The van der Waals surface area contributed by atoms with Crippen molar-refractivity contribution >= 4 is 17.2 Å². The van der Waals surface area contributed by atoms with Crippen LogP contribution in [0.5, 0.6) is 0 Å². The Morgan fingerprint density at radius 1 is 1.08 bits per heavy atom. The van der Waals surface area contributed by atoms with Crippen molar-refractivity contribution < 1.29 is 4.79 Å². The van der Waals surface area contributed by atoms with Crippen LogP contribution >= 0.6 is 11.3 Å². The highest BCUT2D eigenvalue weighted by atomic mass is 32.1. The fraction of sp³-hybridized carbons (Fsp3) is 0.450. The molecule has 24 heavy (non-hydrogen) atoms. The van der Waals surface area contributed by atoms with E-state index in [0.717, 1.165) is 29.8 Å². The summed E-state index contributed by atoms with van der Waals surface area (Å²) < 4.78 is 0. The number of nitrogens with zero attached hydrogens (tertiary/aromatic N) is 1. The van der Waals surface area contributed by atoms with Gasteiger partial charge >= 0.3 is 0 Å². The van der Waals surface area contributed by atoms with Gasteiger partial charge in [0.1, 0.15) is 0 Å². The molecular weight excluding hydrogens is 316 g/mol. The maximum Gasteiger partial charge on any atom is 0.261 e. The van der Waals surface area contributed by atoms with Gasteiger partial charge < -0.3 is 10.2 Å². The summed E-state index contributed by atoms with van der Waals surface area (Å²) in [7, 11) is 4.13. The Kier molecular flexibility index (Phi) is 5.69. The zero-order valence-corrected chi connectivity index (χ0v) is 15.4. The van der Waals surface area contributed by atoms with E-state index < -0.39 is 0 Å². The van der Waals surface area contributed by atoms with Gasteiger partial charge in [-0.1, -0.05) is 30.7 Å². The minimum atomic E-state index is 0.0606. The Labute approximate surface area is 148 Å². The van der Waals surface area contributed by atoms with Crippen LogP contribution in [0.3, 0.4) is 0 Å². The summed E-state index contributed by atoms with van der Waals surface area (Å²) >= 11 is 1.68. The van der Waals surface area contributed by atoms with E-state index in [-0.39, 0.29) is 5.91 Å². The summed E-state index contributed by atoms with van der Waals surface area (Å²) in [5.41, 5.74) is 3.83. The summed E-state index contributed by atoms with van der Waals surface area (Å²) in [5.74, 6) is 0.0606. The van der Waals surface area contributed by atoms with Crippen molar-refractivity contribution in [1.29, 1.82) is 0 Å². The highest BCUT2D eigenvalue weighted by molar-refractivity contribution is 7.14. The Morgan fingerprint density at radius 2 is 1.79 bits per heavy atom. The largest absolute Gasteiger partial charge is 0.347 e. The van der Waals surface area contributed by atoms with Crippen LogP contribution in [0, 0.1) is 0 Å². The number of thiophene rings is 1. The lowest BCUT2D eigenvalue weighted by Crippen LogP contribution is -2.21. The minimum Gasteiger partial charge on any atom is -0.347 e. The van der Waals surface area contributed by atoms with Gasteiger partial charge in [0, 0.05) is 18.0 Å². The molecule has 0 saturated carbocycles. The number of carbonyl (C=O) groups excluding carboxylic acids is 1. The lowest BCUT2D eigenvalue weighted by Gasteiger charge is -2.10. The van der Waals surface area contributed by atoms with Crippen LogP contribution in [0.1, 0.15) is 50.5 Å². The Balaban J connectivity index is 1.57. The molecule has 0 spiro atoms. The average Bonchev–Trinajstić information content (AvgIpc) is 2.84. The molecule has 0 saturated heterocycles. The van der Waals surface area contributed by atoms with E-state index in [1.807, 2.05) is 0 Å². The molecule has 1 N–H and O–H groups in total. The zero-order valence-electron chi connectivity index (χ0n) is 14.6. The first-order valence-corrected chi connectivity index (χ1v) is 9.56. The predicted molar refractivity (Wildman–Crippen MR) is 101 cm³/mol. The summed E-state index contributed by atoms with van der Waals surface area (Å²) in [5, 5.41) is 3.06. The van der Waals surface area contributed by atoms with Crippen molar-refractivity contribution in [1.82, 2.24) is 10.2 Å². The fourth-order valence-electron chi connectivity index (χ4n) is 3.18. The lowest BCUT2D eigenvalue weighted by molar-refractivity contribution is 0.0955. The third-order valence-electron chi connectivity index (χ3n) is 4.45. The molecule has 1 aliphatic rings. The van der Waals surface area contributed by atoms with Crippen LogP contribution in [0.2, 0.25) is 0 Å². The highest BCUT2D eigenvalue weighted by Crippen LogP contribution is 2.28. The lowest BCUT2D eigenvalue weighted by atomic mass is 10.1. The molecule has 128 valence electrons. The quantitative estimate of drug-likeness (QED) is 0.833. The molecular formula is C20H26N2OS. The number of benzene rings is 1. The van der Waals surface area contributed by atoms with Gasteiger partial charge in [0.25, 0.3) is 5.91 Å². The molecule has 4 heteroatoms. The van der Waals surface area contributed by atoms with Gasteiger partial charge in [-0.05, 0) is 62.5 Å². The molecule has 1 amide bonds. The predicted octanol–water partition coefficient (Wildman–Crippen LogP) is 4.01. The SMILES string of the molecule is CN(C)Cc1ccc(CNC(=O)c2cc3c(s2)CCCCC3)cc1. The summed E-state index contributed by atoms with van der Waals surface area (Å²) in [6.07, 6.45) is 6.10. The molecule has 1 heterocycles. The molecule has 0 aliphatic heterocycles. The van der Waals surface area contributed by atoms with Crippen molar-refractivity contribution in [2.24, 2.45) is 0 Å². The van der Waals surface area contributed by atoms with Gasteiger partial charge in [-0.15, -0.1) is 11.3 Å². The van der Waals surface area contributed by atoms with Crippen LogP contribution in [0.15, 0.2) is 30.3 Å². The maximum atomic E-state index is 12.4. The highest BCUT2D eigenvalue weighted by Gasteiger charge is 2.16. The monoisotopic (exact) mass is 342 g/mol. The van der Waals surface area contributed by atoms with Gasteiger partial charge in [0.05, 0.1) is 4.88 Å². The first kappa shape index (κ1) is 17.2. The fourth-order valence-corrected chi connectivity index (χ4v) is 4.35. The first-order valence-electron chi connectivity index (χ1n) is 8.74. The van der Waals surface area contributed by atoms with E-state index >= 15 is 0 Å². The van der Waals surface area contributed by atoms with Gasteiger partial charge in [-0.3, -0.25) is 4.79 Å². The van der Waals surface area contributed by atoms with Crippen molar-refractivity contribution in [3.63, 3.8) is 0 Å². The number of hydrogen-bond acceptors (Lipinski definition) is 3. The molecule has 2 aromatic rings. The van der Waals surface area contributed by atoms with E-state index in [1.54, 1.807) is 11.3 Å². The van der Waals surface area contributed by atoms with Gasteiger partial charge in [-0.2, -0.15) is 0 Å².